The molecule has 29 heavy (non-hydrogen) atoms. The minimum atomic E-state index is -3.63. The van der Waals surface area contributed by atoms with E-state index in [9.17, 15) is 13.2 Å². The summed E-state index contributed by atoms with van der Waals surface area (Å²) in [5.41, 5.74) is 2.79. The number of hydrogen-bond acceptors (Lipinski definition) is 4. The number of amides is 1. The molecule has 3 aromatic carbocycles. The van der Waals surface area contributed by atoms with Crippen molar-refractivity contribution in [1.29, 1.82) is 0 Å². The number of benzene rings is 3. The quantitative estimate of drug-likeness (QED) is 0.669. The maximum atomic E-state index is 12.7. The zero-order valence-corrected chi connectivity index (χ0v) is 17.2. The first-order valence-electron chi connectivity index (χ1n) is 8.90. The van der Waals surface area contributed by atoms with Gasteiger partial charge in [0.05, 0.1) is 17.7 Å². The monoisotopic (exact) mass is 410 g/mol. The number of ether oxygens (including phenoxy) is 1. The van der Waals surface area contributed by atoms with Crippen LogP contribution in [-0.2, 0) is 10.0 Å². The number of sulfonamides is 1. The fourth-order valence-electron chi connectivity index (χ4n) is 2.80. The number of hydrogen-bond donors (Lipinski definition) is 1. The highest BCUT2D eigenvalue weighted by Gasteiger charge is 2.20. The van der Waals surface area contributed by atoms with Crippen LogP contribution in [0.4, 0.5) is 5.69 Å². The van der Waals surface area contributed by atoms with Crippen molar-refractivity contribution in [3.05, 3.63) is 78.4 Å². The molecule has 0 radical (unpaired) electrons. The van der Waals surface area contributed by atoms with Gasteiger partial charge in [0, 0.05) is 19.7 Å². The van der Waals surface area contributed by atoms with Gasteiger partial charge in [-0.25, -0.2) is 12.7 Å². The molecule has 0 aliphatic heterocycles. The SMILES string of the molecule is COc1ccc(S(=O)(=O)N(C)C)cc1NC(=O)c1ccc(-c2ccccc2)cc1. The number of carbonyl (C=O) groups excluding carboxylic acids is 1. The Morgan fingerprint density at radius 3 is 2.10 bits per heavy atom. The molecule has 0 unspecified atom stereocenters. The fourth-order valence-corrected chi connectivity index (χ4v) is 3.72. The summed E-state index contributed by atoms with van der Waals surface area (Å²) in [4.78, 5) is 12.8. The van der Waals surface area contributed by atoms with Crippen LogP contribution in [0.1, 0.15) is 10.4 Å². The van der Waals surface area contributed by atoms with Crippen LogP contribution in [0.5, 0.6) is 5.75 Å². The Hall–Kier alpha value is -3.16. The number of rotatable bonds is 6. The number of anilines is 1. The van der Waals surface area contributed by atoms with E-state index in [0.717, 1.165) is 15.4 Å². The molecule has 6 nitrogen and oxygen atoms in total. The third-order valence-corrected chi connectivity index (χ3v) is 6.26. The molecule has 0 saturated heterocycles. The summed E-state index contributed by atoms with van der Waals surface area (Å²) in [5, 5.41) is 2.74. The average molecular weight is 410 g/mol. The smallest absolute Gasteiger partial charge is 0.255 e. The summed E-state index contributed by atoms with van der Waals surface area (Å²) in [6, 6.07) is 21.4. The molecule has 0 bridgehead atoms. The predicted molar refractivity (Wildman–Crippen MR) is 114 cm³/mol. The molecule has 7 heteroatoms. The Kier molecular flexibility index (Phi) is 6.00. The van der Waals surface area contributed by atoms with Crippen LogP contribution < -0.4 is 10.1 Å². The van der Waals surface area contributed by atoms with Crippen molar-refractivity contribution in [2.75, 3.05) is 26.5 Å². The first kappa shape index (κ1) is 20.6. The minimum Gasteiger partial charge on any atom is -0.495 e. The van der Waals surface area contributed by atoms with Crippen LogP contribution in [0.15, 0.2) is 77.7 Å². The molecule has 1 N–H and O–H groups in total. The van der Waals surface area contributed by atoms with Crippen molar-refractivity contribution >= 4 is 21.6 Å². The third-order valence-electron chi connectivity index (χ3n) is 4.45. The summed E-state index contributed by atoms with van der Waals surface area (Å²) in [6.45, 7) is 0. The molecule has 0 aliphatic carbocycles. The van der Waals surface area contributed by atoms with Gasteiger partial charge in [-0.3, -0.25) is 4.79 Å². The van der Waals surface area contributed by atoms with E-state index < -0.39 is 10.0 Å². The molecule has 0 aromatic heterocycles. The summed E-state index contributed by atoms with van der Waals surface area (Å²) in [7, 11) is 0.725. The van der Waals surface area contributed by atoms with Crippen LogP contribution >= 0.6 is 0 Å². The number of nitrogens with zero attached hydrogens (tertiary/aromatic N) is 1. The second kappa shape index (κ2) is 8.46. The van der Waals surface area contributed by atoms with E-state index in [-0.39, 0.29) is 16.5 Å². The highest BCUT2D eigenvalue weighted by atomic mass is 32.2. The van der Waals surface area contributed by atoms with Crippen molar-refractivity contribution in [1.82, 2.24) is 4.31 Å². The maximum Gasteiger partial charge on any atom is 0.255 e. The van der Waals surface area contributed by atoms with Crippen LogP contribution in [0.25, 0.3) is 11.1 Å². The maximum absolute atomic E-state index is 12.7. The van der Waals surface area contributed by atoms with Gasteiger partial charge in [0.15, 0.2) is 0 Å². The van der Waals surface area contributed by atoms with E-state index in [1.165, 1.54) is 39.4 Å². The highest BCUT2D eigenvalue weighted by Crippen LogP contribution is 2.29. The Labute approximate surface area is 170 Å². The van der Waals surface area contributed by atoms with Crippen molar-refractivity contribution < 1.29 is 17.9 Å². The first-order valence-corrected chi connectivity index (χ1v) is 10.3. The molecule has 0 atom stereocenters. The van der Waals surface area contributed by atoms with Gasteiger partial charge in [0.25, 0.3) is 5.91 Å². The topological polar surface area (TPSA) is 75.7 Å². The van der Waals surface area contributed by atoms with E-state index in [4.69, 9.17) is 4.74 Å². The molecule has 150 valence electrons. The van der Waals surface area contributed by atoms with Gasteiger partial charge in [-0.2, -0.15) is 0 Å². The molecule has 0 fully saturated rings. The fraction of sp³-hybridized carbons (Fsp3) is 0.136. The van der Waals surface area contributed by atoms with Gasteiger partial charge in [0.1, 0.15) is 5.75 Å². The van der Waals surface area contributed by atoms with Gasteiger partial charge >= 0.3 is 0 Å². The van der Waals surface area contributed by atoms with E-state index in [0.29, 0.717) is 11.3 Å². The molecular weight excluding hydrogens is 388 g/mol. The zero-order chi connectivity index (χ0) is 21.0. The standard InChI is InChI=1S/C22H22N2O4S/c1-24(2)29(26,27)19-13-14-21(28-3)20(15-19)23-22(25)18-11-9-17(10-12-18)16-7-5-4-6-8-16/h4-15H,1-3H3,(H,23,25). The summed E-state index contributed by atoms with van der Waals surface area (Å²) in [6.07, 6.45) is 0. The van der Waals surface area contributed by atoms with E-state index >= 15 is 0 Å². The van der Waals surface area contributed by atoms with E-state index in [1.54, 1.807) is 12.1 Å². The van der Waals surface area contributed by atoms with Crippen molar-refractivity contribution in [2.45, 2.75) is 4.90 Å². The summed E-state index contributed by atoms with van der Waals surface area (Å²) in [5.74, 6) is 0.0132. The van der Waals surface area contributed by atoms with Crippen LogP contribution in [0.2, 0.25) is 0 Å². The zero-order valence-electron chi connectivity index (χ0n) is 16.4. The Morgan fingerprint density at radius 2 is 1.52 bits per heavy atom. The lowest BCUT2D eigenvalue weighted by atomic mass is 10.0. The summed E-state index contributed by atoms with van der Waals surface area (Å²) >= 11 is 0. The van der Waals surface area contributed by atoms with Gasteiger partial charge in [-0.05, 0) is 41.5 Å². The third kappa shape index (κ3) is 4.47. The first-order chi connectivity index (χ1) is 13.8. The van der Waals surface area contributed by atoms with E-state index in [2.05, 4.69) is 5.32 Å². The lowest BCUT2D eigenvalue weighted by Gasteiger charge is -2.15. The predicted octanol–water partition coefficient (Wildman–Crippen LogP) is 3.86. The molecular formula is C22H22N2O4S. The largest absolute Gasteiger partial charge is 0.495 e. The lowest BCUT2D eigenvalue weighted by Crippen LogP contribution is -2.22. The van der Waals surface area contributed by atoms with E-state index in [1.807, 2.05) is 42.5 Å². The Morgan fingerprint density at radius 1 is 0.897 bits per heavy atom. The normalized spacial score (nSPS) is 11.3. The Bertz CT molecular complexity index is 1110. The average Bonchev–Trinajstić information content (AvgIpc) is 2.74. The summed E-state index contributed by atoms with van der Waals surface area (Å²) < 4.78 is 31.1. The van der Waals surface area contributed by atoms with Gasteiger partial charge in [-0.1, -0.05) is 42.5 Å². The van der Waals surface area contributed by atoms with Crippen LogP contribution in [-0.4, -0.2) is 39.8 Å². The van der Waals surface area contributed by atoms with Crippen molar-refractivity contribution in [2.24, 2.45) is 0 Å². The number of carbonyl (C=O) groups is 1. The van der Waals surface area contributed by atoms with Gasteiger partial charge in [-0.15, -0.1) is 0 Å². The molecule has 3 rings (SSSR count). The highest BCUT2D eigenvalue weighted by molar-refractivity contribution is 7.89. The molecule has 1 amide bonds. The van der Waals surface area contributed by atoms with Crippen molar-refractivity contribution in [3.63, 3.8) is 0 Å². The molecule has 0 saturated carbocycles. The Balaban J connectivity index is 1.86. The van der Waals surface area contributed by atoms with Gasteiger partial charge < -0.3 is 10.1 Å². The molecule has 0 spiro atoms. The number of nitrogens with one attached hydrogen (secondary N) is 1. The molecule has 0 aliphatic rings. The van der Waals surface area contributed by atoms with Gasteiger partial charge in [0.2, 0.25) is 10.0 Å². The second-order valence-corrected chi connectivity index (χ2v) is 8.70. The van der Waals surface area contributed by atoms with Crippen LogP contribution in [0.3, 0.4) is 0 Å². The minimum absolute atomic E-state index is 0.0676. The van der Waals surface area contributed by atoms with Crippen molar-refractivity contribution in [3.8, 4) is 16.9 Å². The molecule has 3 aromatic rings. The number of methoxy groups -OCH3 is 1. The molecule has 0 heterocycles. The second-order valence-electron chi connectivity index (χ2n) is 6.55. The lowest BCUT2D eigenvalue weighted by molar-refractivity contribution is 0.102. The van der Waals surface area contributed by atoms with Crippen LogP contribution in [0, 0.1) is 0 Å².